The lowest BCUT2D eigenvalue weighted by Crippen LogP contribution is -2.45. The molecule has 1 aliphatic heterocycles. The lowest BCUT2D eigenvalue weighted by molar-refractivity contribution is -0.140. The second-order valence-corrected chi connectivity index (χ2v) is 9.09. The molecule has 0 saturated heterocycles. The molecule has 1 atom stereocenters. The normalized spacial score (nSPS) is 17.9. The van der Waals surface area contributed by atoms with E-state index in [4.69, 9.17) is 18.9 Å². The monoisotopic (exact) mass is 481 g/mol. The molecule has 2 aromatic carbocycles. The standard InChI is InChI=1S/C28H35NO6/c1-4-34-28(31)20-10-12-22(13-11-20)35-18-24-23-17-26(33-3)25(32-2)16-21(23)14-15-29(24)27(30)19-8-6-5-7-9-19/h10-13,16-17,19,24H,4-9,14-15,18H2,1-3H3. The first-order chi connectivity index (χ1) is 17.0. The molecule has 0 aromatic heterocycles. The van der Waals surface area contributed by atoms with Gasteiger partial charge >= 0.3 is 5.97 Å². The fourth-order valence-corrected chi connectivity index (χ4v) is 5.13. The van der Waals surface area contributed by atoms with Crippen LogP contribution in [0.5, 0.6) is 17.2 Å². The van der Waals surface area contributed by atoms with E-state index < -0.39 is 0 Å². The van der Waals surface area contributed by atoms with Gasteiger partial charge in [0, 0.05) is 12.5 Å². The first kappa shape index (κ1) is 24.9. The predicted octanol–water partition coefficient (Wildman–Crippen LogP) is 4.97. The Labute approximate surface area is 207 Å². The molecule has 1 fully saturated rings. The van der Waals surface area contributed by atoms with E-state index in [2.05, 4.69) is 0 Å². The Morgan fingerprint density at radius 1 is 0.971 bits per heavy atom. The third-order valence-corrected chi connectivity index (χ3v) is 7.01. The van der Waals surface area contributed by atoms with Gasteiger partial charge in [0.05, 0.1) is 32.4 Å². The zero-order valence-electron chi connectivity index (χ0n) is 20.9. The van der Waals surface area contributed by atoms with Crippen molar-refractivity contribution in [2.24, 2.45) is 5.92 Å². The molecule has 2 aromatic rings. The molecule has 7 nitrogen and oxygen atoms in total. The number of esters is 1. The van der Waals surface area contributed by atoms with Gasteiger partial charge in [0.15, 0.2) is 11.5 Å². The summed E-state index contributed by atoms with van der Waals surface area (Å²) in [6.07, 6.45) is 6.10. The molecular formula is C28H35NO6. The van der Waals surface area contributed by atoms with E-state index in [1.807, 2.05) is 17.0 Å². The average Bonchev–Trinajstić information content (AvgIpc) is 2.91. The highest BCUT2D eigenvalue weighted by Crippen LogP contribution is 2.40. The van der Waals surface area contributed by atoms with Crippen LogP contribution < -0.4 is 14.2 Å². The molecule has 4 rings (SSSR count). The predicted molar refractivity (Wildman–Crippen MR) is 132 cm³/mol. The topological polar surface area (TPSA) is 74.3 Å². The van der Waals surface area contributed by atoms with Crippen LogP contribution in [0.4, 0.5) is 0 Å². The number of rotatable bonds is 8. The Bertz CT molecular complexity index is 1030. The van der Waals surface area contributed by atoms with Gasteiger partial charge in [-0.15, -0.1) is 0 Å². The second kappa shape index (κ2) is 11.5. The summed E-state index contributed by atoms with van der Waals surface area (Å²) in [6, 6.07) is 10.7. The lowest BCUT2D eigenvalue weighted by atomic mass is 9.86. The van der Waals surface area contributed by atoms with Crippen molar-refractivity contribution in [2.75, 3.05) is 34.0 Å². The van der Waals surface area contributed by atoms with Crippen LogP contribution in [0.3, 0.4) is 0 Å². The summed E-state index contributed by atoms with van der Waals surface area (Å²) in [7, 11) is 3.25. The van der Waals surface area contributed by atoms with E-state index in [0.29, 0.717) is 42.6 Å². The van der Waals surface area contributed by atoms with Gasteiger partial charge in [0.25, 0.3) is 0 Å². The summed E-state index contributed by atoms with van der Waals surface area (Å²) in [6.45, 7) is 3.06. The number of benzene rings is 2. The Kier molecular flexibility index (Phi) is 8.16. The van der Waals surface area contributed by atoms with Crippen LogP contribution in [0.15, 0.2) is 36.4 Å². The average molecular weight is 482 g/mol. The van der Waals surface area contributed by atoms with Crippen LogP contribution in [0.2, 0.25) is 0 Å². The van der Waals surface area contributed by atoms with Crippen LogP contribution >= 0.6 is 0 Å². The molecule has 1 aliphatic carbocycles. The third-order valence-electron chi connectivity index (χ3n) is 7.01. The highest BCUT2D eigenvalue weighted by atomic mass is 16.5. The van der Waals surface area contributed by atoms with Gasteiger partial charge in [0.1, 0.15) is 12.4 Å². The van der Waals surface area contributed by atoms with E-state index in [1.54, 1.807) is 45.4 Å². The van der Waals surface area contributed by atoms with E-state index in [1.165, 1.54) is 6.42 Å². The van der Waals surface area contributed by atoms with Gasteiger partial charge in [-0.25, -0.2) is 4.79 Å². The third kappa shape index (κ3) is 5.55. The summed E-state index contributed by atoms with van der Waals surface area (Å²) in [5, 5.41) is 0. The Morgan fingerprint density at radius 2 is 1.66 bits per heavy atom. The van der Waals surface area contributed by atoms with Crippen molar-refractivity contribution in [3.05, 3.63) is 53.1 Å². The zero-order valence-corrected chi connectivity index (χ0v) is 20.9. The number of fused-ring (bicyclic) bond motifs is 1. The number of hydrogen-bond acceptors (Lipinski definition) is 6. The number of methoxy groups -OCH3 is 2. The minimum absolute atomic E-state index is 0.0804. The largest absolute Gasteiger partial charge is 0.493 e. The van der Waals surface area contributed by atoms with E-state index in [0.717, 1.165) is 43.2 Å². The highest BCUT2D eigenvalue weighted by Gasteiger charge is 2.36. The van der Waals surface area contributed by atoms with Crippen molar-refractivity contribution in [2.45, 2.75) is 51.5 Å². The number of ether oxygens (including phenoxy) is 4. The van der Waals surface area contributed by atoms with Gasteiger partial charge in [-0.2, -0.15) is 0 Å². The minimum atomic E-state index is -0.356. The molecule has 1 unspecified atom stereocenters. The number of carbonyl (C=O) groups is 2. The first-order valence-corrected chi connectivity index (χ1v) is 12.5. The van der Waals surface area contributed by atoms with Crippen LogP contribution in [0, 0.1) is 5.92 Å². The fourth-order valence-electron chi connectivity index (χ4n) is 5.13. The Morgan fingerprint density at radius 3 is 2.31 bits per heavy atom. The van der Waals surface area contributed by atoms with Crippen molar-refractivity contribution in [1.82, 2.24) is 4.90 Å². The van der Waals surface area contributed by atoms with Crippen molar-refractivity contribution in [3.8, 4) is 17.2 Å². The van der Waals surface area contributed by atoms with Crippen molar-refractivity contribution in [1.29, 1.82) is 0 Å². The quantitative estimate of drug-likeness (QED) is 0.496. The molecule has 0 spiro atoms. The summed E-state index contributed by atoms with van der Waals surface area (Å²) in [5.41, 5.74) is 2.65. The van der Waals surface area contributed by atoms with E-state index in [-0.39, 0.29) is 23.8 Å². The van der Waals surface area contributed by atoms with Gasteiger partial charge in [0.2, 0.25) is 5.91 Å². The number of nitrogens with zero attached hydrogens (tertiary/aromatic N) is 1. The molecule has 2 aliphatic rings. The summed E-state index contributed by atoms with van der Waals surface area (Å²) in [5.74, 6) is 1.91. The lowest BCUT2D eigenvalue weighted by Gasteiger charge is -2.40. The van der Waals surface area contributed by atoms with Crippen molar-refractivity contribution >= 4 is 11.9 Å². The number of amides is 1. The second-order valence-electron chi connectivity index (χ2n) is 9.09. The van der Waals surface area contributed by atoms with Gasteiger partial charge in [-0.1, -0.05) is 19.3 Å². The molecule has 35 heavy (non-hydrogen) atoms. The first-order valence-electron chi connectivity index (χ1n) is 12.5. The maximum atomic E-state index is 13.6. The molecule has 0 bridgehead atoms. The smallest absolute Gasteiger partial charge is 0.338 e. The van der Waals surface area contributed by atoms with Crippen LogP contribution in [0.1, 0.15) is 66.6 Å². The zero-order chi connectivity index (χ0) is 24.8. The fraction of sp³-hybridized carbons (Fsp3) is 0.500. The maximum Gasteiger partial charge on any atom is 0.338 e. The number of carbonyl (C=O) groups excluding carboxylic acids is 2. The number of hydrogen-bond donors (Lipinski definition) is 0. The van der Waals surface area contributed by atoms with Crippen LogP contribution in [-0.2, 0) is 16.0 Å². The molecule has 1 amide bonds. The summed E-state index contributed by atoms with van der Waals surface area (Å²) in [4.78, 5) is 27.6. The van der Waals surface area contributed by atoms with Crippen molar-refractivity contribution < 1.29 is 28.5 Å². The van der Waals surface area contributed by atoms with Crippen molar-refractivity contribution in [3.63, 3.8) is 0 Å². The molecule has 188 valence electrons. The molecule has 7 heteroatoms. The van der Waals surface area contributed by atoms with E-state index >= 15 is 0 Å². The molecule has 1 saturated carbocycles. The molecular weight excluding hydrogens is 446 g/mol. The molecule has 1 heterocycles. The Hall–Kier alpha value is -3.22. The summed E-state index contributed by atoms with van der Waals surface area (Å²) < 4.78 is 22.3. The van der Waals surface area contributed by atoms with E-state index in [9.17, 15) is 9.59 Å². The van der Waals surface area contributed by atoms with Crippen LogP contribution in [0.25, 0.3) is 0 Å². The minimum Gasteiger partial charge on any atom is -0.493 e. The van der Waals surface area contributed by atoms with Gasteiger partial charge < -0.3 is 23.8 Å². The van der Waals surface area contributed by atoms with Gasteiger partial charge in [-0.05, 0) is 73.7 Å². The molecule has 0 N–H and O–H groups in total. The SMILES string of the molecule is CCOC(=O)c1ccc(OCC2c3cc(OC)c(OC)cc3CCN2C(=O)C2CCCCC2)cc1. The van der Waals surface area contributed by atoms with Gasteiger partial charge in [-0.3, -0.25) is 4.79 Å². The summed E-state index contributed by atoms with van der Waals surface area (Å²) >= 11 is 0. The maximum absolute atomic E-state index is 13.6. The highest BCUT2D eigenvalue weighted by molar-refractivity contribution is 5.89. The van der Waals surface area contributed by atoms with Crippen LogP contribution in [-0.4, -0.2) is 50.8 Å². The Balaban J connectivity index is 1.59. The molecule has 0 radical (unpaired) electrons.